The summed E-state index contributed by atoms with van der Waals surface area (Å²) in [7, 11) is 1.57. The minimum absolute atomic E-state index is 0.0693. The van der Waals surface area contributed by atoms with E-state index in [2.05, 4.69) is 21.0 Å². The lowest BCUT2D eigenvalue weighted by Gasteiger charge is -2.17. The van der Waals surface area contributed by atoms with Gasteiger partial charge in [-0.2, -0.15) is 0 Å². The number of rotatable bonds is 5. The average Bonchev–Trinajstić information content (AvgIpc) is 3.36. The first-order chi connectivity index (χ1) is 15.0. The minimum Gasteiger partial charge on any atom is -0.480 e. The lowest BCUT2D eigenvalue weighted by molar-refractivity contribution is -0.0363. The first kappa shape index (κ1) is 20.0. The van der Waals surface area contributed by atoms with Crippen molar-refractivity contribution in [3.05, 3.63) is 53.4 Å². The van der Waals surface area contributed by atoms with Gasteiger partial charge < -0.3 is 24.9 Å². The smallest absolute Gasteiger partial charge is 0.225 e. The van der Waals surface area contributed by atoms with Crippen molar-refractivity contribution in [2.45, 2.75) is 37.7 Å². The van der Waals surface area contributed by atoms with Gasteiger partial charge in [-0.25, -0.2) is 15.0 Å². The molecule has 0 bridgehead atoms. The maximum Gasteiger partial charge on any atom is 0.225 e. The zero-order valence-electron chi connectivity index (χ0n) is 16.9. The normalized spacial score (nSPS) is 21.2. The summed E-state index contributed by atoms with van der Waals surface area (Å²) in [4.78, 5) is 12.8. The molecule has 0 spiro atoms. The van der Waals surface area contributed by atoms with Crippen molar-refractivity contribution in [2.24, 2.45) is 0 Å². The summed E-state index contributed by atoms with van der Waals surface area (Å²) in [5.41, 5.74) is 8.46. The van der Waals surface area contributed by atoms with Gasteiger partial charge in [-0.3, -0.25) is 0 Å². The molecule has 4 heterocycles. The lowest BCUT2D eigenvalue weighted by atomic mass is 10.0. The van der Waals surface area contributed by atoms with E-state index in [1.165, 1.54) is 6.33 Å². The number of fused-ring (bicyclic) bond motifs is 2. The summed E-state index contributed by atoms with van der Waals surface area (Å²) < 4.78 is 13.3. The molecule has 1 aliphatic rings. The summed E-state index contributed by atoms with van der Waals surface area (Å²) in [5, 5.41) is 12.8. The Morgan fingerprint density at radius 3 is 3.00 bits per heavy atom. The number of hydrogen-bond acceptors (Lipinski definition) is 7. The predicted molar refractivity (Wildman–Crippen MR) is 118 cm³/mol. The van der Waals surface area contributed by atoms with Gasteiger partial charge in [-0.1, -0.05) is 23.7 Å². The van der Waals surface area contributed by atoms with Gasteiger partial charge in [0.25, 0.3) is 0 Å². The molecular weight excluding hydrogens is 418 g/mol. The lowest BCUT2D eigenvalue weighted by Crippen LogP contribution is -2.19. The predicted octanol–water partition coefficient (Wildman–Crippen LogP) is 3.50. The zero-order chi connectivity index (χ0) is 21.5. The maximum atomic E-state index is 10.7. The Morgan fingerprint density at radius 2 is 2.16 bits per heavy atom. The van der Waals surface area contributed by atoms with Crippen LogP contribution in [-0.4, -0.2) is 43.9 Å². The molecule has 1 fully saturated rings. The van der Waals surface area contributed by atoms with Crippen molar-refractivity contribution < 1.29 is 14.6 Å². The zero-order valence-corrected chi connectivity index (χ0v) is 17.7. The highest BCUT2D eigenvalue weighted by Crippen LogP contribution is 2.35. The second-order valence-corrected chi connectivity index (χ2v) is 8.12. The van der Waals surface area contributed by atoms with Crippen LogP contribution < -0.4 is 10.5 Å². The fourth-order valence-corrected chi connectivity index (χ4v) is 4.33. The number of halogens is 1. The number of benzene rings is 1. The van der Waals surface area contributed by atoms with Crippen molar-refractivity contribution in [3.63, 3.8) is 0 Å². The molecular formula is C22H22ClN5O3. The molecule has 3 N–H and O–H groups in total. The number of nitrogen functional groups attached to an aromatic ring is 1. The van der Waals surface area contributed by atoms with E-state index in [1.807, 2.05) is 35.0 Å². The van der Waals surface area contributed by atoms with E-state index in [4.69, 9.17) is 26.8 Å². The highest BCUT2D eigenvalue weighted by Gasteiger charge is 2.35. The first-order valence-corrected chi connectivity index (χ1v) is 10.4. The standard InChI is InChI=1S/C22H22ClN5O3/c1-30-21-15-6-7-28(20(15)25-11-26-21)22-18(29)10-14(31-22)5-3-12-2-4-13-9-16(23)19(24)27-17(13)8-12/h2,4,6-9,11,14,18,22,29H,3,5,10H2,1H3,(H2,24,27)/t14?,18-,22?/m1/s1. The molecule has 1 aliphatic heterocycles. The number of aromatic nitrogens is 4. The number of aliphatic hydroxyl groups is 1. The number of anilines is 1. The molecule has 31 heavy (non-hydrogen) atoms. The van der Waals surface area contributed by atoms with Crippen molar-refractivity contribution in [3.8, 4) is 5.88 Å². The van der Waals surface area contributed by atoms with Crippen LogP contribution in [0.2, 0.25) is 5.02 Å². The van der Waals surface area contributed by atoms with Crippen LogP contribution in [0.5, 0.6) is 5.88 Å². The van der Waals surface area contributed by atoms with E-state index in [1.54, 1.807) is 7.11 Å². The summed E-state index contributed by atoms with van der Waals surface area (Å²) in [6, 6.07) is 9.77. The molecule has 3 aromatic heterocycles. The second-order valence-electron chi connectivity index (χ2n) is 7.72. The van der Waals surface area contributed by atoms with Crippen LogP contribution in [-0.2, 0) is 11.2 Å². The van der Waals surface area contributed by atoms with E-state index in [0.29, 0.717) is 28.8 Å². The van der Waals surface area contributed by atoms with Crippen LogP contribution in [0.1, 0.15) is 24.6 Å². The molecule has 5 rings (SSSR count). The van der Waals surface area contributed by atoms with Crippen molar-refractivity contribution in [2.75, 3.05) is 12.8 Å². The molecule has 1 saturated heterocycles. The highest BCUT2D eigenvalue weighted by atomic mass is 35.5. The maximum absolute atomic E-state index is 10.7. The Bertz CT molecular complexity index is 1260. The van der Waals surface area contributed by atoms with Crippen LogP contribution in [0.3, 0.4) is 0 Å². The third-order valence-corrected chi connectivity index (χ3v) is 6.03. The van der Waals surface area contributed by atoms with Gasteiger partial charge in [0.15, 0.2) is 6.23 Å². The molecule has 3 atom stereocenters. The Kier molecular flexibility index (Phi) is 5.13. The summed E-state index contributed by atoms with van der Waals surface area (Å²) >= 11 is 6.05. The van der Waals surface area contributed by atoms with Crippen molar-refractivity contribution >= 4 is 39.4 Å². The molecule has 8 nitrogen and oxygen atoms in total. The van der Waals surface area contributed by atoms with Crippen LogP contribution in [0.4, 0.5) is 5.82 Å². The number of ether oxygens (including phenoxy) is 2. The van der Waals surface area contributed by atoms with Gasteiger partial charge in [-0.05, 0) is 36.6 Å². The summed E-state index contributed by atoms with van der Waals surface area (Å²) in [6.45, 7) is 0. The van der Waals surface area contributed by atoms with E-state index in [0.717, 1.165) is 34.7 Å². The number of aryl methyl sites for hydroxylation is 1. The average molecular weight is 440 g/mol. The highest BCUT2D eigenvalue weighted by molar-refractivity contribution is 6.33. The van der Waals surface area contributed by atoms with Gasteiger partial charge in [0.1, 0.15) is 23.9 Å². The summed E-state index contributed by atoms with van der Waals surface area (Å²) in [5.74, 6) is 0.829. The SMILES string of the molecule is COc1ncnc2c1ccn2C1OC(CCc2ccc3cc(Cl)c(N)nc3c2)C[C@H]1O. The molecule has 160 valence electrons. The third kappa shape index (κ3) is 3.67. The minimum atomic E-state index is -0.623. The topological polar surface area (TPSA) is 108 Å². The monoisotopic (exact) mass is 439 g/mol. The van der Waals surface area contributed by atoms with Gasteiger partial charge >= 0.3 is 0 Å². The number of hydrogen-bond donors (Lipinski definition) is 2. The molecule has 0 saturated carbocycles. The number of nitrogens with two attached hydrogens (primary N) is 1. The number of pyridine rings is 1. The van der Waals surface area contributed by atoms with E-state index in [9.17, 15) is 5.11 Å². The number of nitrogens with zero attached hydrogens (tertiary/aromatic N) is 4. The molecule has 1 aromatic carbocycles. The van der Waals surface area contributed by atoms with Crippen molar-refractivity contribution in [1.82, 2.24) is 19.5 Å². The van der Waals surface area contributed by atoms with E-state index in [-0.39, 0.29) is 6.10 Å². The molecule has 0 aliphatic carbocycles. The second kappa shape index (κ2) is 7.96. The Labute approximate surface area is 183 Å². The van der Waals surface area contributed by atoms with E-state index >= 15 is 0 Å². The molecule has 0 amide bonds. The largest absolute Gasteiger partial charge is 0.480 e. The van der Waals surface area contributed by atoms with Gasteiger partial charge in [0, 0.05) is 18.0 Å². The van der Waals surface area contributed by atoms with Gasteiger partial charge in [0.05, 0.1) is 29.1 Å². The van der Waals surface area contributed by atoms with E-state index < -0.39 is 12.3 Å². The van der Waals surface area contributed by atoms with Crippen molar-refractivity contribution in [1.29, 1.82) is 0 Å². The Morgan fingerprint density at radius 1 is 1.29 bits per heavy atom. The third-order valence-electron chi connectivity index (χ3n) is 5.72. The Hall–Kier alpha value is -2.94. The van der Waals surface area contributed by atoms with Crippen LogP contribution >= 0.6 is 11.6 Å². The molecule has 0 radical (unpaired) electrons. The van der Waals surface area contributed by atoms with Gasteiger partial charge in [0.2, 0.25) is 5.88 Å². The fourth-order valence-electron chi connectivity index (χ4n) is 4.17. The quantitative estimate of drug-likeness (QED) is 0.489. The molecule has 2 unspecified atom stereocenters. The van der Waals surface area contributed by atoms with Crippen LogP contribution in [0, 0.1) is 0 Å². The molecule has 9 heteroatoms. The summed E-state index contributed by atoms with van der Waals surface area (Å²) in [6.07, 6.45) is 4.24. The number of methoxy groups -OCH3 is 1. The fraction of sp³-hybridized carbons (Fsp3) is 0.318. The molecule has 4 aromatic rings. The van der Waals surface area contributed by atoms with Gasteiger partial charge in [-0.15, -0.1) is 0 Å². The van der Waals surface area contributed by atoms with Crippen LogP contribution in [0.25, 0.3) is 21.9 Å². The Balaban J connectivity index is 1.30. The first-order valence-electron chi connectivity index (χ1n) is 10.1. The van der Waals surface area contributed by atoms with Crippen LogP contribution in [0.15, 0.2) is 42.9 Å². The number of aliphatic hydroxyl groups excluding tert-OH is 1.